The standard InChI is InChI=1S/C28H25Cl2N9O3/c1-32-13-18-11-20(3-4-21(18)31)34-28(42)24(10-17-6-8-33-9-7-17)38-16-26(40)37(15-27(38)41)23-12-19(29)2-5-22(23)39-14-25(30)35-36-39/h2-9,11-14,24,31-32H,10,15-16H2,1H3,(H,34,42)/b18-13-,31-21?. The van der Waals surface area contributed by atoms with Crippen LogP contribution in [0.15, 0.2) is 84.6 Å². The summed E-state index contributed by atoms with van der Waals surface area (Å²) in [5.74, 6) is -1.33. The fraction of sp³-hybridized carbons (Fsp3) is 0.179. The van der Waals surface area contributed by atoms with Crippen LogP contribution in [0.4, 0.5) is 5.69 Å². The first kappa shape index (κ1) is 28.7. The molecule has 12 nitrogen and oxygen atoms in total. The summed E-state index contributed by atoms with van der Waals surface area (Å²) in [6, 6.07) is 7.32. The average molecular weight is 606 g/mol. The number of carbonyl (C=O) groups excluding carboxylic acids is 3. The van der Waals surface area contributed by atoms with E-state index >= 15 is 0 Å². The van der Waals surface area contributed by atoms with Crippen LogP contribution in [0.5, 0.6) is 0 Å². The van der Waals surface area contributed by atoms with Crippen LogP contribution >= 0.6 is 23.2 Å². The Bertz CT molecular complexity index is 1650. The van der Waals surface area contributed by atoms with E-state index in [0.717, 1.165) is 5.56 Å². The summed E-state index contributed by atoms with van der Waals surface area (Å²) < 4.78 is 1.39. The molecule has 3 amide bonds. The van der Waals surface area contributed by atoms with Crippen molar-refractivity contribution in [3.8, 4) is 5.69 Å². The monoisotopic (exact) mass is 605 g/mol. The quantitative estimate of drug-likeness (QED) is 0.357. The average Bonchev–Trinajstić information content (AvgIpc) is 3.41. The van der Waals surface area contributed by atoms with E-state index in [9.17, 15) is 14.4 Å². The van der Waals surface area contributed by atoms with Gasteiger partial charge in [0, 0.05) is 48.4 Å². The summed E-state index contributed by atoms with van der Waals surface area (Å²) in [6.07, 6.45) is 11.3. The minimum absolute atomic E-state index is 0.152. The number of hydrogen-bond acceptors (Lipinski definition) is 8. The number of allylic oxidation sites excluding steroid dienone is 4. The van der Waals surface area contributed by atoms with Gasteiger partial charge in [0.15, 0.2) is 5.15 Å². The van der Waals surface area contributed by atoms with Crippen LogP contribution in [0.25, 0.3) is 5.69 Å². The molecule has 0 saturated carbocycles. The first-order chi connectivity index (χ1) is 20.2. The lowest BCUT2D eigenvalue weighted by atomic mass is 10.0. The summed E-state index contributed by atoms with van der Waals surface area (Å²) >= 11 is 12.2. The maximum Gasteiger partial charge on any atom is 0.247 e. The third kappa shape index (κ3) is 6.24. The first-order valence-electron chi connectivity index (χ1n) is 12.8. The number of carbonyl (C=O) groups is 3. The van der Waals surface area contributed by atoms with Crippen LogP contribution < -0.4 is 15.5 Å². The van der Waals surface area contributed by atoms with Gasteiger partial charge in [0.2, 0.25) is 17.7 Å². The molecule has 14 heteroatoms. The number of amides is 3. The number of benzene rings is 1. The molecule has 1 aliphatic carbocycles. The number of hydrogen-bond donors (Lipinski definition) is 3. The summed E-state index contributed by atoms with van der Waals surface area (Å²) in [6.45, 7) is -0.680. The second-order valence-corrected chi connectivity index (χ2v) is 10.2. The van der Waals surface area contributed by atoms with Crippen LogP contribution in [-0.4, -0.2) is 74.5 Å². The molecule has 1 unspecified atom stereocenters. The summed E-state index contributed by atoms with van der Waals surface area (Å²) in [4.78, 5) is 47.5. The van der Waals surface area contributed by atoms with Gasteiger partial charge in [0.05, 0.1) is 23.3 Å². The number of rotatable bonds is 8. The van der Waals surface area contributed by atoms with E-state index in [0.29, 0.717) is 27.7 Å². The Kier molecular flexibility index (Phi) is 8.46. The van der Waals surface area contributed by atoms with Crippen molar-refractivity contribution in [3.63, 3.8) is 0 Å². The highest BCUT2D eigenvalue weighted by molar-refractivity contribution is 6.31. The Balaban J connectivity index is 1.43. The third-order valence-electron chi connectivity index (χ3n) is 6.64. The molecular formula is C28H25Cl2N9O3. The van der Waals surface area contributed by atoms with Crippen molar-refractivity contribution in [2.24, 2.45) is 0 Å². The number of nitrogens with zero attached hydrogens (tertiary/aromatic N) is 6. The van der Waals surface area contributed by atoms with Gasteiger partial charge in [-0.2, -0.15) is 0 Å². The number of nitrogens with one attached hydrogen (secondary N) is 3. The molecule has 5 rings (SSSR count). The number of anilines is 1. The SMILES string of the molecule is CN/C=C1/C=C(NC(=O)C(Cc2ccncc2)N2CC(=O)N(c3cc(Cl)ccc3-n3cc(Cl)nn3)CC2=O)C=CC1=N. The van der Waals surface area contributed by atoms with Crippen molar-refractivity contribution < 1.29 is 14.4 Å². The molecule has 1 saturated heterocycles. The van der Waals surface area contributed by atoms with Crippen LogP contribution in [0.2, 0.25) is 10.2 Å². The fourth-order valence-electron chi connectivity index (χ4n) is 4.63. The molecule has 1 fully saturated rings. The topological polar surface area (TPSA) is 149 Å². The van der Waals surface area contributed by atoms with Crippen molar-refractivity contribution in [2.45, 2.75) is 12.5 Å². The highest BCUT2D eigenvalue weighted by Crippen LogP contribution is 2.30. The van der Waals surface area contributed by atoms with E-state index in [1.165, 1.54) is 20.7 Å². The van der Waals surface area contributed by atoms with Crippen LogP contribution in [0, 0.1) is 5.41 Å². The minimum atomic E-state index is -1.01. The van der Waals surface area contributed by atoms with Gasteiger partial charge in [-0.3, -0.25) is 24.3 Å². The molecule has 42 heavy (non-hydrogen) atoms. The van der Waals surface area contributed by atoms with Crippen molar-refractivity contribution in [2.75, 3.05) is 25.0 Å². The molecule has 2 aromatic heterocycles. The molecule has 2 aliphatic rings. The molecule has 0 radical (unpaired) electrons. The van der Waals surface area contributed by atoms with Crippen LogP contribution in [-0.2, 0) is 20.8 Å². The van der Waals surface area contributed by atoms with Crippen LogP contribution in [0.3, 0.4) is 0 Å². The molecule has 1 atom stereocenters. The van der Waals surface area contributed by atoms with Gasteiger partial charge in [0.1, 0.15) is 19.1 Å². The van der Waals surface area contributed by atoms with Crippen molar-refractivity contribution in [1.82, 2.24) is 35.5 Å². The predicted octanol–water partition coefficient (Wildman–Crippen LogP) is 2.45. The second-order valence-electron chi connectivity index (χ2n) is 9.42. The zero-order valence-corrected chi connectivity index (χ0v) is 23.8. The van der Waals surface area contributed by atoms with E-state index in [-0.39, 0.29) is 30.4 Å². The smallest absolute Gasteiger partial charge is 0.247 e. The highest BCUT2D eigenvalue weighted by Gasteiger charge is 2.39. The molecule has 0 spiro atoms. The zero-order valence-electron chi connectivity index (χ0n) is 22.3. The normalized spacial score (nSPS) is 17.0. The summed E-state index contributed by atoms with van der Waals surface area (Å²) in [7, 11) is 1.71. The Hall–Kier alpha value is -4.81. The highest BCUT2D eigenvalue weighted by atomic mass is 35.5. The number of pyridine rings is 1. The Morgan fingerprint density at radius 3 is 2.60 bits per heavy atom. The largest absolute Gasteiger partial charge is 0.393 e. The van der Waals surface area contributed by atoms with Gasteiger partial charge in [-0.15, -0.1) is 5.10 Å². The molecule has 3 heterocycles. The number of piperazine rings is 1. The summed E-state index contributed by atoms with van der Waals surface area (Å²) in [5, 5.41) is 22.1. The molecule has 1 aromatic carbocycles. The number of aromatic nitrogens is 4. The predicted molar refractivity (Wildman–Crippen MR) is 157 cm³/mol. The van der Waals surface area contributed by atoms with E-state index in [4.69, 9.17) is 28.6 Å². The van der Waals surface area contributed by atoms with Crippen molar-refractivity contribution in [3.05, 3.63) is 100 Å². The Morgan fingerprint density at radius 2 is 1.88 bits per heavy atom. The maximum absolute atomic E-state index is 13.7. The van der Waals surface area contributed by atoms with E-state index in [2.05, 4.69) is 25.9 Å². The molecule has 214 valence electrons. The van der Waals surface area contributed by atoms with E-state index in [1.807, 2.05) is 0 Å². The number of halogens is 2. The van der Waals surface area contributed by atoms with Gasteiger partial charge in [-0.05, 0) is 54.1 Å². The van der Waals surface area contributed by atoms with Crippen molar-refractivity contribution >= 4 is 52.3 Å². The molecule has 3 aromatic rings. The van der Waals surface area contributed by atoms with Gasteiger partial charge in [-0.25, -0.2) is 4.68 Å². The lowest BCUT2D eigenvalue weighted by Gasteiger charge is -2.38. The molecule has 0 bridgehead atoms. The van der Waals surface area contributed by atoms with E-state index in [1.54, 1.807) is 74.2 Å². The summed E-state index contributed by atoms with van der Waals surface area (Å²) in [5.41, 5.74) is 2.86. The zero-order chi connectivity index (χ0) is 29.8. The lowest BCUT2D eigenvalue weighted by molar-refractivity contribution is -0.145. The first-order valence-corrected chi connectivity index (χ1v) is 13.5. The van der Waals surface area contributed by atoms with Gasteiger partial charge in [-0.1, -0.05) is 28.4 Å². The maximum atomic E-state index is 13.7. The van der Waals surface area contributed by atoms with Crippen molar-refractivity contribution in [1.29, 1.82) is 5.41 Å². The third-order valence-corrected chi connectivity index (χ3v) is 7.05. The van der Waals surface area contributed by atoms with Gasteiger partial charge < -0.3 is 20.9 Å². The molecule has 3 N–H and O–H groups in total. The van der Waals surface area contributed by atoms with Crippen LogP contribution in [0.1, 0.15) is 5.56 Å². The van der Waals surface area contributed by atoms with Gasteiger partial charge >= 0.3 is 0 Å². The molecular weight excluding hydrogens is 581 g/mol. The fourth-order valence-corrected chi connectivity index (χ4v) is 4.92. The second kappa shape index (κ2) is 12.4. The van der Waals surface area contributed by atoms with E-state index < -0.39 is 23.8 Å². The molecule has 1 aliphatic heterocycles. The van der Waals surface area contributed by atoms with Gasteiger partial charge in [0.25, 0.3) is 0 Å². The Labute approximate surface area is 250 Å². The minimum Gasteiger partial charge on any atom is -0.393 e. The lowest BCUT2D eigenvalue weighted by Crippen LogP contribution is -2.60. The Morgan fingerprint density at radius 1 is 1.10 bits per heavy atom.